The van der Waals surface area contributed by atoms with Crippen LogP contribution in [0.4, 0.5) is 5.69 Å². The van der Waals surface area contributed by atoms with Gasteiger partial charge in [0.05, 0.1) is 15.5 Å². The molecule has 1 fully saturated rings. The van der Waals surface area contributed by atoms with Crippen LogP contribution in [-0.2, 0) is 10.0 Å². The lowest BCUT2D eigenvalue weighted by Crippen LogP contribution is -2.38. The molecule has 27 heavy (non-hydrogen) atoms. The number of benzene rings is 2. The van der Waals surface area contributed by atoms with E-state index >= 15 is 0 Å². The number of hydrogen-bond donors (Lipinski definition) is 1. The highest BCUT2D eigenvalue weighted by Crippen LogP contribution is 2.27. The Balaban J connectivity index is 1.72. The number of carbonyl (C=O) groups is 1. The Labute approximate surface area is 165 Å². The first-order chi connectivity index (χ1) is 12.9. The van der Waals surface area contributed by atoms with Crippen LogP contribution in [0.15, 0.2) is 53.4 Å². The van der Waals surface area contributed by atoms with Crippen molar-refractivity contribution in [1.29, 1.82) is 0 Å². The van der Waals surface area contributed by atoms with Crippen molar-refractivity contribution in [2.45, 2.75) is 43.0 Å². The number of nitrogens with zero attached hydrogens (tertiary/aromatic N) is 1. The van der Waals surface area contributed by atoms with Gasteiger partial charge in [-0.25, -0.2) is 8.42 Å². The third-order valence-corrected chi connectivity index (χ3v) is 7.25. The maximum absolute atomic E-state index is 12.9. The second-order valence-corrected chi connectivity index (χ2v) is 9.18. The predicted molar refractivity (Wildman–Crippen MR) is 108 cm³/mol. The van der Waals surface area contributed by atoms with Crippen LogP contribution < -0.4 is 5.32 Å². The molecule has 0 spiro atoms. The van der Waals surface area contributed by atoms with Gasteiger partial charge in [-0.3, -0.25) is 4.79 Å². The van der Waals surface area contributed by atoms with Crippen LogP contribution in [0.5, 0.6) is 0 Å². The van der Waals surface area contributed by atoms with Crippen molar-refractivity contribution in [1.82, 2.24) is 4.31 Å². The van der Waals surface area contributed by atoms with E-state index in [1.807, 2.05) is 0 Å². The van der Waals surface area contributed by atoms with Gasteiger partial charge in [-0.15, -0.1) is 0 Å². The number of amides is 1. The second-order valence-electron chi connectivity index (χ2n) is 6.77. The van der Waals surface area contributed by atoms with Crippen molar-refractivity contribution in [3.63, 3.8) is 0 Å². The molecule has 0 radical (unpaired) electrons. The summed E-state index contributed by atoms with van der Waals surface area (Å²) in [4.78, 5) is 12.5. The van der Waals surface area contributed by atoms with Crippen molar-refractivity contribution in [3.8, 4) is 0 Å². The zero-order chi connectivity index (χ0) is 19.4. The number of carbonyl (C=O) groups excluding carboxylic acids is 1. The monoisotopic (exact) mass is 406 g/mol. The van der Waals surface area contributed by atoms with Crippen molar-refractivity contribution in [2.24, 2.45) is 0 Å². The van der Waals surface area contributed by atoms with Crippen LogP contribution in [0.2, 0.25) is 5.02 Å². The molecular formula is C20H23ClN2O3S. The molecule has 1 N–H and O–H groups in total. The summed E-state index contributed by atoms with van der Waals surface area (Å²) in [6.45, 7) is 0. The molecule has 1 aliphatic rings. The number of halogens is 1. The van der Waals surface area contributed by atoms with Crippen molar-refractivity contribution in [3.05, 3.63) is 59.1 Å². The van der Waals surface area contributed by atoms with Gasteiger partial charge in [-0.1, -0.05) is 43.0 Å². The van der Waals surface area contributed by atoms with Crippen molar-refractivity contribution in [2.75, 3.05) is 12.4 Å². The topological polar surface area (TPSA) is 66.5 Å². The maximum Gasteiger partial charge on any atom is 0.257 e. The summed E-state index contributed by atoms with van der Waals surface area (Å²) in [5.41, 5.74) is 0.882. The van der Waals surface area contributed by atoms with Gasteiger partial charge in [-0.2, -0.15) is 4.31 Å². The van der Waals surface area contributed by atoms with Gasteiger partial charge in [0.15, 0.2) is 0 Å². The van der Waals surface area contributed by atoms with Crippen LogP contribution >= 0.6 is 11.6 Å². The Kier molecular flexibility index (Phi) is 6.19. The van der Waals surface area contributed by atoms with Crippen LogP contribution in [0, 0.1) is 0 Å². The maximum atomic E-state index is 12.9. The van der Waals surface area contributed by atoms with E-state index in [-0.39, 0.29) is 16.8 Å². The molecule has 0 aliphatic heterocycles. The summed E-state index contributed by atoms with van der Waals surface area (Å²) in [6, 6.07) is 13.1. The minimum absolute atomic E-state index is 0.0587. The van der Waals surface area contributed by atoms with Gasteiger partial charge in [0.2, 0.25) is 10.0 Å². The van der Waals surface area contributed by atoms with Crippen LogP contribution in [0.1, 0.15) is 42.5 Å². The highest BCUT2D eigenvalue weighted by molar-refractivity contribution is 7.89. The Morgan fingerprint density at radius 3 is 2.30 bits per heavy atom. The van der Waals surface area contributed by atoms with E-state index in [1.54, 1.807) is 43.4 Å². The first-order valence-electron chi connectivity index (χ1n) is 9.03. The SMILES string of the molecule is CN(C1CCCCC1)S(=O)(=O)c1ccc(NC(=O)c2ccccc2Cl)cc1. The Morgan fingerprint density at radius 2 is 1.67 bits per heavy atom. The number of sulfonamides is 1. The Morgan fingerprint density at radius 1 is 1.04 bits per heavy atom. The molecule has 0 heterocycles. The molecule has 7 heteroatoms. The summed E-state index contributed by atoms with van der Waals surface area (Å²) in [5.74, 6) is -0.337. The van der Waals surface area contributed by atoms with E-state index in [1.165, 1.54) is 22.9 Å². The average molecular weight is 407 g/mol. The highest BCUT2D eigenvalue weighted by atomic mass is 35.5. The molecule has 3 rings (SSSR count). The van der Waals surface area contributed by atoms with E-state index in [2.05, 4.69) is 5.32 Å². The Hall–Kier alpha value is -1.89. The first-order valence-corrected chi connectivity index (χ1v) is 10.9. The largest absolute Gasteiger partial charge is 0.322 e. The number of hydrogen-bond acceptors (Lipinski definition) is 3. The summed E-state index contributed by atoms with van der Waals surface area (Å²) < 4.78 is 27.2. The fourth-order valence-corrected chi connectivity index (χ4v) is 5.00. The smallest absolute Gasteiger partial charge is 0.257 e. The second kappa shape index (κ2) is 8.42. The van der Waals surface area contributed by atoms with Gasteiger partial charge >= 0.3 is 0 Å². The van der Waals surface area contributed by atoms with E-state index < -0.39 is 10.0 Å². The third kappa shape index (κ3) is 4.51. The van der Waals surface area contributed by atoms with E-state index in [9.17, 15) is 13.2 Å². The number of rotatable bonds is 5. The van der Waals surface area contributed by atoms with Crippen LogP contribution in [0.25, 0.3) is 0 Å². The summed E-state index contributed by atoms with van der Waals surface area (Å²) in [6.07, 6.45) is 5.11. The normalized spacial score (nSPS) is 15.7. The molecular weight excluding hydrogens is 384 g/mol. The summed E-state index contributed by atoms with van der Waals surface area (Å²) >= 11 is 6.03. The van der Waals surface area contributed by atoms with Gasteiger partial charge in [0.1, 0.15) is 0 Å². The lowest BCUT2D eigenvalue weighted by molar-refractivity contribution is 0.102. The van der Waals surface area contributed by atoms with Gasteiger partial charge in [0.25, 0.3) is 5.91 Å². The van der Waals surface area contributed by atoms with E-state index in [0.717, 1.165) is 25.7 Å². The van der Waals surface area contributed by atoms with Crippen molar-refractivity contribution < 1.29 is 13.2 Å². The summed E-state index contributed by atoms with van der Waals surface area (Å²) in [7, 11) is -1.89. The Bertz CT molecular complexity index is 907. The molecule has 144 valence electrons. The third-order valence-electron chi connectivity index (χ3n) is 5.00. The van der Waals surface area contributed by atoms with Crippen LogP contribution in [0.3, 0.4) is 0 Å². The zero-order valence-electron chi connectivity index (χ0n) is 15.2. The van der Waals surface area contributed by atoms with Gasteiger partial charge in [-0.05, 0) is 49.2 Å². The number of nitrogens with one attached hydrogen (secondary N) is 1. The standard InChI is InChI=1S/C20H23ClN2O3S/c1-23(16-7-3-2-4-8-16)27(25,26)17-13-11-15(12-14-17)22-20(24)18-9-5-6-10-19(18)21/h5-6,9-14,16H,2-4,7-8H2,1H3,(H,22,24). The molecule has 5 nitrogen and oxygen atoms in total. The fraction of sp³-hybridized carbons (Fsp3) is 0.350. The fourth-order valence-electron chi connectivity index (χ4n) is 3.36. The van der Waals surface area contributed by atoms with Gasteiger partial charge < -0.3 is 5.32 Å². The molecule has 1 amide bonds. The predicted octanol–water partition coefficient (Wildman–Crippen LogP) is 4.55. The van der Waals surface area contributed by atoms with Crippen molar-refractivity contribution >= 4 is 33.2 Å². The molecule has 0 unspecified atom stereocenters. The van der Waals surface area contributed by atoms with E-state index in [0.29, 0.717) is 16.3 Å². The molecule has 0 bridgehead atoms. The first kappa shape index (κ1) is 19.9. The quantitative estimate of drug-likeness (QED) is 0.792. The minimum Gasteiger partial charge on any atom is -0.322 e. The van der Waals surface area contributed by atoms with Crippen LogP contribution in [-0.4, -0.2) is 31.7 Å². The molecule has 1 saturated carbocycles. The average Bonchev–Trinajstić information content (AvgIpc) is 2.68. The molecule has 0 saturated heterocycles. The molecule has 0 atom stereocenters. The lowest BCUT2D eigenvalue weighted by atomic mass is 9.96. The molecule has 2 aromatic rings. The molecule has 1 aliphatic carbocycles. The summed E-state index contributed by atoms with van der Waals surface area (Å²) in [5, 5.41) is 3.10. The number of anilines is 1. The minimum atomic E-state index is -3.54. The van der Waals surface area contributed by atoms with E-state index in [4.69, 9.17) is 11.6 Å². The lowest BCUT2D eigenvalue weighted by Gasteiger charge is -2.30. The molecule has 0 aromatic heterocycles. The molecule has 2 aromatic carbocycles. The van der Waals surface area contributed by atoms with Gasteiger partial charge in [0, 0.05) is 18.8 Å². The zero-order valence-corrected chi connectivity index (χ0v) is 16.8. The highest BCUT2D eigenvalue weighted by Gasteiger charge is 2.28.